The molecule has 6 N–H and O–H groups in total. The minimum Gasteiger partial charge on any atom is -0.504 e. The molecule has 0 amide bonds. The third kappa shape index (κ3) is 8.22. The maximum Gasteiger partial charge on any atom is 0.205 e. The smallest absolute Gasteiger partial charge is 0.205 e. The molecule has 3 rings (SSSR count). The van der Waals surface area contributed by atoms with Crippen molar-refractivity contribution < 1.29 is 299 Å². The Morgan fingerprint density at radius 2 is 0.852 bits per heavy atom. The molecule has 0 unspecified atom stereocenters. The minimum absolute atomic E-state index is 0. The molecule has 0 saturated carbocycles. The number of hydrogen-bond donors (Lipinski definition) is 6. The molecule has 1 heterocycles. The molecular formula is C13H8Ac6O8. The summed E-state index contributed by atoms with van der Waals surface area (Å²) in [5.41, 5.74) is -1.76. The van der Waals surface area contributed by atoms with E-state index in [0.29, 0.717) is 0 Å². The van der Waals surface area contributed by atoms with Crippen LogP contribution in [0, 0.1) is 264 Å². The van der Waals surface area contributed by atoms with E-state index >= 15 is 0 Å². The summed E-state index contributed by atoms with van der Waals surface area (Å²) in [5.74, 6) is -5.05. The van der Waals surface area contributed by atoms with Crippen LogP contribution in [0.5, 0.6) is 34.5 Å². The van der Waals surface area contributed by atoms with Gasteiger partial charge in [0.2, 0.25) is 28.4 Å². The summed E-state index contributed by atoms with van der Waals surface area (Å²) < 4.78 is 5.12. The van der Waals surface area contributed by atoms with E-state index in [0.717, 1.165) is 12.1 Å². The monoisotopic (exact) mass is 1650 g/mol. The fourth-order valence-electron chi connectivity index (χ4n) is 2.05. The second kappa shape index (κ2) is 16.9. The van der Waals surface area contributed by atoms with E-state index in [2.05, 4.69) is 0 Å². The number of rotatable bonds is 0. The first-order valence-corrected chi connectivity index (χ1v) is 5.61. The molecule has 0 spiro atoms. The molecule has 6 radical (unpaired) electrons. The van der Waals surface area contributed by atoms with Crippen LogP contribution in [0.1, 0.15) is 0 Å². The third-order valence-electron chi connectivity index (χ3n) is 3.11. The van der Waals surface area contributed by atoms with Crippen molar-refractivity contribution in [3.63, 3.8) is 0 Å². The van der Waals surface area contributed by atoms with Crippen LogP contribution in [0.2, 0.25) is 0 Å². The van der Waals surface area contributed by atoms with Gasteiger partial charge < -0.3 is 35.1 Å². The van der Waals surface area contributed by atoms with Gasteiger partial charge >= 0.3 is 0 Å². The Hall–Kier alpha value is 5.36. The maximum absolute atomic E-state index is 12.3. The average Bonchev–Trinajstić information content (AvgIpc) is 2.45. The van der Waals surface area contributed by atoms with E-state index in [1.54, 1.807) is 0 Å². The molecule has 14 heteroatoms. The summed E-state index contributed by atoms with van der Waals surface area (Å²) in [6.07, 6.45) is 0. The first-order chi connectivity index (χ1) is 9.82. The molecule has 0 aliphatic rings. The van der Waals surface area contributed by atoms with Gasteiger partial charge in [0, 0.05) is 264 Å². The van der Waals surface area contributed by atoms with Crippen molar-refractivity contribution >= 4 is 21.9 Å². The van der Waals surface area contributed by atoms with E-state index in [9.17, 15) is 35.4 Å². The van der Waals surface area contributed by atoms with Gasteiger partial charge in [0.1, 0.15) is 0 Å². The number of benzene rings is 2. The fourth-order valence-corrected chi connectivity index (χ4v) is 2.05. The molecule has 0 aliphatic heterocycles. The first kappa shape index (κ1) is 39.6. The van der Waals surface area contributed by atoms with Crippen molar-refractivity contribution in [1.82, 2.24) is 0 Å². The van der Waals surface area contributed by atoms with Crippen LogP contribution >= 0.6 is 0 Å². The topological polar surface area (TPSA) is 152 Å². The second-order valence-electron chi connectivity index (χ2n) is 4.37. The van der Waals surface area contributed by atoms with Gasteiger partial charge in [-0.3, -0.25) is 4.79 Å². The van der Waals surface area contributed by atoms with E-state index in [4.69, 9.17) is 4.42 Å². The Labute approximate surface area is 367 Å². The molecule has 0 atom stereocenters. The molecule has 8 nitrogen and oxygen atoms in total. The zero-order chi connectivity index (χ0) is 15.5. The van der Waals surface area contributed by atoms with Crippen molar-refractivity contribution in [3.05, 3.63) is 22.4 Å². The Morgan fingerprint density at radius 1 is 0.556 bits per heavy atom. The second-order valence-corrected chi connectivity index (χ2v) is 4.37. The zero-order valence-corrected chi connectivity index (χ0v) is 42.1. The van der Waals surface area contributed by atoms with E-state index in [1.807, 2.05) is 0 Å². The standard InChI is InChI=1S/C13H8O8.6Ac/c14-5-1-3-7(16)4-2-6(15)9(18)11(20)13(4)21-12(3)10(19)8(5)17;;;;;;/h1-2,14-15,17-20H;;;;;;. The summed E-state index contributed by atoms with van der Waals surface area (Å²) in [4.78, 5) is 12.3. The van der Waals surface area contributed by atoms with Gasteiger partial charge in [0.25, 0.3) is 0 Å². The van der Waals surface area contributed by atoms with Crippen LogP contribution in [0.25, 0.3) is 21.9 Å². The Bertz CT molecular complexity index is 916. The van der Waals surface area contributed by atoms with Gasteiger partial charge in [0.05, 0.1) is 10.8 Å². The van der Waals surface area contributed by atoms with Crippen LogP contribution in [-0.4, -0.2) is 30.6 Å². The Morgan fingerprint density at radius 3 is 1.15 bits per heavy atom. The van der Waals surface area contributed by atoms with Crippen molar-refractivity contribution in [3.8, 4) is 34.5 Å². The van der Waals surface area contributed by atoms with Gasteiger partial charge in [0.15, 0.2) is 22.7 Å². The summed E-state index contributed by atoms with van der Waals surface area (Å²) in [6.45, 7) is 0. The summed E-state index contributed by atoms with van der Waals surface area (Å²) in [6, 6.07) is 1.74. The summed E-state index contributed by atoms with van der Waals surface area (Å²) >= 11 is 0. The van der Waals surface area contributed by atoms with Crippen LogP contribution < -0.4 is 5.43 Å². The number of phenolic OH excluding ortho intramolecular Hbond substituents is 6. The SMILES string of the molecule is O=c1c2cc(O)c(O)c(O)c2oc2c(O)c(O)c(O)cc12.[Ac].[Ac].[Ac].[Ac].[Ac].[Ac]. The first-order valence-electron chi connectivity index (χ1n) is 5.61. The number of hydrogen-bond acceptors (Lipinski definition) is 8. The molecule has 2 aromatic carbocycles. The summed E-state index contributed by atoms with van der Waals surface area (Å²) in [7, 11) is 0. The predicted molar refractivity (Wildman–Crippen MR) is 70.0 cm³/mol. The van der Waals surface area contributed by atoms with Gasteiger partial charge in [-0.05, 0) is 12.1 Å². The van der Waals surface area contributed by atoms with Crippen LogP contribution in [0.4, 0.5) is 0 Å². The minimum atomic E-state index is -0.896. The van der Waals surface area contributed by atoms with E-state index in [-0.39, 0.29) is 275 Å². The maximum atomic E-state index is 12.3. The van der Waals surface area contributed by atoms with Crippen molar-refractivity contribution in [2.24, 2.45) is 0 Å². The fraction of sp³-hybridized carbons (Fsp3) is 0. The number of fused-ring (bicyclic) bond motifs is 2. The van der Waals surface area contributed by atoms with Crippen LogP contribution in [-0.2, 0) is 0 Å². The molecule has 27 heavy (non-hydrogen) atoms. The van der Waals surface area contributed by atoms with Crippen molar-refractivity contribution in [1.29, 1.82) is 0 Å². The van der Waals surface area contributed by atoms with Gasteiger partial charge in [-0.1, -0.05) is 0 Å². The predicted octanol–water partition coefficient (Wildman–Crippen LogP) is 1.18. The number of phenols is 6. The average molecular weight is 1650 g/mol. The van der Waals surface area contributed by atoms with Crippen LogP contribution in [0.3, 0.4) is 0 Å². The quantitative estimate of drug-likeness (QED) is 0.145. The Balaban J connectivity index is -0.000000441. The summed E-state index contributed by atoms with van der Waals surface area (Å²) in [5, 5.41) is 56.5. The molecule has 1 aromatic heterocycles. The third-order valence-corrected chi connectivity index (χ3v) is 3.11. The van der Waals surface area contributed by atoms with Gasteiger partial charge in [-0.2, -0.15) is 0 Å². The Kier molecular flexibility index (Phi) is 24.8. The van der Waals surface area contributed by atoms with Crippen molar-refractivity contribution in [2.75, 3.05) is 0 Å². The van der Waals surface area contributed by atoms with E-state index in [1.165, 1.54) is 0 Å². The van der Waals surface area contributed by atoms with Gasteiger partial charge in [-0.25, -0.2) is 0 Å². The molecule has 3 aromatic rings. The number of aromatic hydroxyl groups is 6. The van der Waals surface area contributed by atoms with E-state index < -0.39 is 51.1 Å². The van der Waals surface area contributed by atoms with Crippen LogP contribution in [0.15, 0.2) is 21.3 Å². The zero-order valence-electron chi connectivity index (χ0n) is 13.6. The largest absolute Gasteiger partial charge is 0.504 e. The molecule has 0 fully saturated rings. The van der Waals surface area contributed by atoms with Gasteiger partial charge in [-0.15, -0.1) is 0 Å². The molecular weight excluding hydrogens is 1650 g/mol. The van der Waals surface area contributed by atoms with Crippen molar-refractivity contribution in [2.45, 2.75) is 0 Å². The molecule has 0 aliphatic carbocycles. The molecule has 126 valence electrons. The molecule has 0 saturated heterocycles. The molecule has 0 bridgehead atoms. The normalized spacial score (nSPS) is 8.74.